The zero-order valence-electron chi connectivity index (χ0n) is 13.8. The molecule has 1 aromatic rings. The standard InChI is InChI=1S/C18H30OSi/c1-18(2,3)20(4,5)19-17-13-11-16(12-14-17)15-9-7-6-8-10-15/h6-10,16-17H,11-14H2,1-5H3. The summed E-state index contributed by atoms with van der Waals surface area (Å²) in [6.45, 7) is 11.7. The van der Waals surface area contributed by atoms with Gasteiger partial charge in [0.25, 0.3) is 0 Å². The maximum Gasteiger partial charge on any atom is 0.192 e. The molecule has 112 valence electrons. The molecule has 1 nitrogen and oxygen atoms in total. The molecule has 20 heavy (non-hydrogen) atoms. The maximum atomic E-state index is 6.57. The summed E-state index contributed by atoms with van der Waals surface area (Å²) in [4.78, 5) is 0. The fraction of sp³-hybridized carbons (Fsp3) is 0.667. The molecule has 0 unspecified atom stereocenters. The molecule has 1 aromatic carbocycles. The Morgan fingerprint density at radius 1 is 0.950 bits per heavy atom. The zero-order valence-corrected chi connectivity index (χ0v) is 14.8. The summed E-state index contributed by atoms with van der Waals surface area (Å²) in [6.07, 6.45) is 5.51. The third-order valence-corrected chi connectivity index (χ3v) is 9.75. The van der Waals surface area contributed by atoms with Crippen molar-refractivity contribution in [3.63, 3.8) is 0 Å². The molecule has 1 fully saturated rings. The van der Waals surface area contributed by atoms with Crippen molar-refractivity contribution in [3.05, 3.63) is 35.9 Å². The summed E-state index contributed by atoms with van der Waals surface area (Å²) in [5.74, 6) is 0.746. The number of rotatable bonds is 3. The molecule has 0 saturated heterocycles. The number of hydrogen-bond donors (Lipinski definition) is 0. The van der Waals surface area contributed by atoms with Crippen LogP contribution in [0.1, 0.15) is 57.9 Å². The molecular weight excluding hydrogens is 260 g/mol. The molecule has 0 spiro atoms. The molecule has 2 rings (SSSR count). The van der Waals surface area contributed by atoms with E-state index in [1.165, 1.54) is 31.2 Å². The topological polar surface area (TPSA) is 9.23 Å². The zero-order chi connectivity index (χ0) is 14.8. The van der Waals surface area contributed by atoms with Crippen molar-refractivity contribution >= 4 is 8.32 Å². The van der Waals surface area contributed by atoms with Gasteiger partial charge in [0.2, 0.25) is 0 Å². The van der Waals surface area contributed by atoms with Gasteiger partial charge in [0.15, 0.2) is 8.32 Å². The fourth-order valence-electron chi connectivity index (χ4n) is 2.83. The Bertz CT molecular complexity index is 411. The molecular formula is C18H30OSi. The summed E-state index contributed by atoms with van der Waals surface area (Å²) < 4.78 is 6.57. The van der Waals surface area contributed by atoms with E-state index < -0.39 is 8.32 Å². The second-order valence-corrected chi connectivity index (χ2v) is 12.5. The van der Waals surface area contributed by atoms with E-state index in [-0.39, 0.29) is 0 Å². The van der Waals surface area contributed by atoms with Crippen LogP contribution in [0.5, 0.6) is 0 Å². The normalized spacial score (nSPS) is 24.6. The highest BCUT2D eigenvalue weighted by Crippen LogP contribution is 2.41. The van der Waals surface area contributed by atoms with E-state index in [0.717, 1.165) is 5.92 Å². The third kappa shape index (κ3) is 3.73. The fourth-order valence-corrected chi connectivity index (χ4v) is 4.26. The van der Waals surface area contributed by atoms with Gasteiger partial charge in [0.1, 0.15) is 0 Å². The molecule has 0 amide bonds. The highest BCUT2D eigenvalue weighted by Gasteiger charge is 2.39. The van der Waals surface area contributed by atoms with Crippen molar-refractivity contribution in [2.24, 2.45) is 0 Å². The monoisotopic (exact) mass is 290 g/mol. The first kappa shape index (κ1) is 15.8. The van der Waals surface area contributed by atoms with E-state index in [1.807, 2.05) is 0 Å². The number of hydrogen-bond acceptors (Lipinski definition) is 1. The first-order valence-electron chi connectivity index (χ1n) is 8.02. The first-order valence-corrected chi connectivity index (χ1v) is 10.9. The van der Waals surface area contributed by atoms with Crippen LogP contribution < -0.4 is 0 Å². The minimum atomic E-state index is -1.59. The van der Waals surface area contributed by atoms with Crippen molar-refractivity contribution in [3.8, 4) is 0 Å². The summed E-state index contributed by atoms with van der Waals surface area (Å²) in [5.41, 5.74) is 1.51. The van der Waals surface area contributed by atoms with Gasteiger partial charge in [-0.2, -0.15) is 0 Å². The Morgan fingerprint density at radius 2 is 1.50 bits per heavy atom. The predicted octanol–water partition coefficient (Wildman–Crippen LogP) is 5.73. The van der Waals surface area contributed by atoms with Crippen LogP contribution in [0.25, 0.3) is 0 Å². The van der Waals surface area contributed by atoms with Crippen molar-refractivity contribution in [2.45, 2.75) is 76.6 Å². The Kier molecular flexibility index (Phi) is 4.75. The van der Waals surface area contributed by atoms with Crippen LogP contribution in [0, 0.1) is 0 Å². The number of benzene rings is 1. The lowest BCUT2D eigenvalue weighted by atomic mass is 9.83. The van der Waals surface area contributed by atoms with Crippen molar-refractivity contribution < 1.29 is 4.43 Å². The lowest BCUT2D eigenvalue weighted by molar-refractivity contribution is 0.130. The molecule has 0 bridgehead atoms. The van der Waals surface area contributed by atoms with Gasteiger partial charge < -0.3 is 4.43 Å². The van der Waals surface area contributed by atoms with Gasteiger partial charge in [-0.1, -0.05) is 51.1 Å². The Labute approximate surface area is 125 Å². The van der Waals surface area contributed by atoms with E-state index in [0.29, 0.717) is 11.1 Å². The summed E-state index contributed by atoms with van der Waals surface area (Å²) >= 11 is 0. The quantitative estimate of drug-likeness (QED) is 0.645. The van der Waals surface area contributed by atoms with E-state index in [9.17, 15) is 0 Å². The van der Waals surface area contributed by atoms with Crippen molar-refractivity contribution in [2.75, 3.05) is 0 Å². The molecule has 0 atom stereocenters. The van der Waals surface area contributed by atoms with Crippen LogP contribution in [0.2, 0.25) is 18.1 Å². The maximum absolute atomic E-state index is 6.57. The minimum absolute atomic E-state index is 0.323. The third-order valence-electron chi connectivity index (χ3n) is 5.21. The van der Waals surface area contributed by atoms with Crippen LogP contribution in [0.3, 0.4) is 0 Å². The Morgan fingerprint density at radius 3 is 2.00 bits per heavy atom. The summed E-state index contributed by atoms with van der Waals surface area (Å²) in [5, 5.41) is 0.323. The molecule has 0 aliphatic heterocycles. The Balaban J connectivity index is 1.89. The van der Waals surface area contributed by atoms with Crippen molar-refractivity contribution in [1.29, 1.82) is 0 Å². The average molecular weight is 291 g/mol. The SMILES string of the molecule is CC(C)(C)[Si](C)(C)OC1CCC(c2ccccc2)CC1. The molecule has 0 radical (unpaired) electrons. The van der Waals surface area contributed by atoms with Gasteiger partial charge >= 0.3 is 0 Å². The van der Waals surface area contributed by atoms with E-state index in [2.05, 4.69) is 64.2 Å². The van der Waals surface area contributed by atoms with Gasteiger partial charge in [-0.3, -0.25) is 0 Å². The molecule has 0 aromatic heterocycles. The highest BCUT2D eigenvalue weighted by atomic mass is 28.4. The average Bonchev–Trinajstić information content (AvgIpc) is 2.39. The van der Waals surface area contributed by atoms with E-state index in [4.69, 9.17) is 4.43 Å². The molecule has 1 aliphatic rings. The second kappa shape index (κ2) is 6.03. The molecule has 0 heterocycles. The first-order chi connectivity index (χ1) is 9.29. The van der Waals surface area contributed by atoms with Gasteiger partial charge in [-0.05, 0) is 55.3 Å². The van der Waals surface area contributed by atoms with Crippen molar-refractivity contribution in [1.82, 2.24) is 0 Å². The molecule has 1 saturated carbocycles. The Hall–Kier alpha value is -0.603. The van der Waals surface area contributed by atoms with Gasteiger partial charge in [-0.25, -0.2) is 0 Å². The smallest absolute Gasteiger partial charge is 0.192 e. The second-order valence-electron chi connectivity index (χ2n) is 7.76. The van der Waals surface area contributed by atoms with Gasteiger partial charge in [0.05, 0.1) is 0 Å². The molecule has 2 heteroatoms. The predicted molar refractivity (Wildman–Crippen MR) is 89.7 cm³/mol. The minimum Gasteiger partial charge on any atom is -0.414 e. The van der Waals surface area contributed by atoms with Crippen LogP contribution in [-0.4, -0.2) is 14.4 Å². The lowest BCUT2D eigenvalue weighted by Gasteiger charge is -2.41. The lowest BCUT2D eigenvalue weighted by Crippen LogP contribution is -2.44. The van der Waals surface area contributed by atoms with Gasteiger partial charge in [-0.15, -0.1) is 0 Å². The van der Waals surface area contributed by atoms with Crippen LogP contribution in [0.4, 0.5) is 0 Å². The van der Waals surface area contributed by atoms with E-state index >= 15 is 0 Å². The summed E-state index contributed by atoms with van der Waals surface area (Å²) in [6, 6.07) is 11.0. The van der Waals surface area contributed by atoms with Crippen LogP contribution >= 0.6 is 0 Å². The highest BCUT2D eigenvalue weighted by molar-refractivity contribution is 6.74. The summed E-state index contributed by atoms with van der Waals surface area (Å²) in [7, 11) is -1.59. The van der Waals surface area contributed by atoms with Crippen LogP contribution in [0.15, 0.2) is 30.3 Å². The van der Waals surface area contributed by atoms with Crippen LogP contribution in [-0.2, 0) is 4.43 Å². The molecule has 1 aliphatic carbocycles. The van der Waals surface area contributed by atoms with Gasteiger partial charge in [0, 0.05) is 6.10 Å². The molecule has 0 N–H and O–H groups in total. The largest absolute Gasteiger partial charge is 0.414 e. The van der Waals surface area contributed by atoms with E-state index in [1.54, 1.807) is 0 Å².